The molecule has 0 saturated heterocycles. The van der Waals surface area contributed by atoms with Gasteiger partial charge in [-0.2, -0.15) is 0 Å². The lowest BCUT2D eigenvalue weighted by Crippen LogP contribution is -2.14. The maximum atomic E-state index is 12.4. The predicted octanol–water partition coefficient (Wildman–Crippen LogP) is 2.21. The minimum atomic E-state index is -3.85. The van der Waals surface area contributed by atoms with Gasteiger partial charge < -0.3 is 4.74 Å². The molecule has 2 aromatic carbocycles. The maximum Gasteiger partial charge on any atom is 0.262 e. The van der Waals surface area contributed by atoms with E-state index < -0.39 is 19.9 Å². The SMILES string of the molecule is COc1ccc(S(C)(=O)=O)cc1NS(=O)(=O)c1ccc(C)cc1. The Bertz CT molecular complexity index is 917. The van der Waals surface area contributed by atoms with E-state index in [0.29, 0.717) is 0 Å². The van der Waals surface area contributed by atoms with Gasteiger partial charge in [0.2, 0.25) is 0 Å². The zero-order valence-electron chi connectivity index (χ0n) is 12.9. The monoisotopic (exact) mass is 355 g/mol. The van der Waals surface area contributed by atoms with Crippen LogP contribution in [0, 0.1) is 6.92 Å². The molecule has 2 rings (SSSR count). The molecule has 0 aliphatic carbocycles. The number of nitrogens with one attached hydrogen (secondary N) is 1. The largest absolute Gasteiger partial charge is 0.495 e. The normalized spacial score (nSPS) is 12.0. The topological polar surface area (TPSA) is 89.5 Å². The number of hydrogen-bond donors (Lipinski definition) is 1. The average Bonchev–Trinajstić information content (AvgIpc) is 2.46. The Kier molecular flexibility index (Phi) is 4.67. The van der Waals surface area contributed by atoms with Crippen LogP contribution in [0.2, 0.25) is 0 Å². The third-order valence-corrected chi connectivity index (χ3v) is 5.67. The number of sulfone groups is 1. The molecule has 0 spiro atoms. The van der Waals surface area contributed by atoms with E-state index in [0.717, 1.165) is 11.8 Å². The highest BCUT2D eigenvalue weighted by Gasteiger charge is 2.18. The van der Waals surface area contributed by atoms with Crippen LogP contribution in [0.25, 0.3) is 0 Å². The average molecular weight is 355 g/mol. The van der Waals surface area contributed by atoms with Gasteiger partial charge in [-0.3, -0.25) is 4.72 Å². The molecule has 0 heterocycles. The summed E-state index contributed by atoms with van der Waals surface area (Å²) in [5, 5.41) is 0. The van der Waals surface area contributed by atoms with Crippen LogP contribution in [-0.4, -0.2) is 30.2 Å². The Hall–Kier alpha value is -2.06. The van der Waals surface area contributed by atoms with Gasteiger partial charge in [-0.05, 0) is 37.3 Å². The van der Waals surface area contributed by atoms with Crippen molar-refractivity contribution >= 4 is 25.5 Å². The van der Waals surface area contributed by atoms with E-state index in [9.17, 15) is 16.8 Å². The highest BCUT2D eigenvalue weighted by molar-refractivity contribution is 7.92. The summed E-state index contributed by atoms with van der Waals surface area (Å²) in [6.07, 6.45) is 1.05. The second-order valence-electron chi connectivity index (χ2n) is 5.05. The maximum absolute atomic E-state index is 12.4. The molecule has 6 nitrogen and oxygen atoms in total. The third-order valence-electron chi connectivity index (χ3n) is 3.17. The number of sulfonamides is 1. The van der Waals surface area contributed by atoms with Gasteiger partial charge in [-0.1, -0.05) is 17.7 Å². The third kappa shape index (κ3) is 4.02. The van der Waals surface area contributed by atoms with Gasteiger partial charge >= 0.3 is 0 Å². The Morgan fingerprint density at radius 2 is 1.48 bits per heavy atom. The van der Waals surface area contributed by atoms with Crippen molar-refractivity contribution in [2.45, 2.75) is 16.7 Å². The Morgan fingerprint density at radius 3 is 2.00 bits per heavy atom. The van der Waals surface area contributed by atoms with Crippen molar-refractivity contribution in [1.29, 1.82) is 0 Å². The van der Waals surface area contributed by atoms with Crippen molar-refractivity contribution in [3.05, 3.63) is 48.0 Å². The zero-order chi connectivity index (χ0) is 17.3. The van der Waals surface area contributed by atoms with Crippen molar-refractivity contribution in [1.82, 2.24) is 0 Å². The first kappa shape index (κ1) is 17.3. The summed E-state index contributed by atoms with van der Waals surface area (Å²) in [5.74, 6) is 0.230. The number of ether oxygens (including phenoxy) is 1. The molecule has 23 heavy (non-hydrogen) atoms. The molecule has 2 aromatic rings. The van der Waals surface area contributed by atoms with Crippen LogP contribution < -0.4 is 9.46 Å². The first-order chi connectivity index (χ1) is 10.6. The van der Waals surface area contributed by atoms with Crippen LogP contribution in [0.3, 0.4) is 0 Å². The lowest BCUT2D eigenvalue weighted by Gasteiger charge is -2.13. The van der Waals surface area contributed by atoms with E-state index >= 15 is 0 Å². The van der Waals surface area contributed by atoms with Crippen LogP contribution in [0.15, 0.2) is 52.3 Å². The van der Waals surface area contributed by atoms with Crippen molar-refractivity contribution < 1.29 is 21.6 Å². The molecule has 1 N–H and O–H groups in total. The molecule has 0 amide bonds. The summed E-state index contributed by atoms with van der Waals surface area (Å²) in [7, 11) is -5.94. The van der Waals surface area contributed by atoms with Crippen molar-refractivity contribution in [3.63, 3.8) is 0 Å². The summed E-state index contributed by atoms with van der Waals surface area (Å²) in [6.45, 7) is 1.85. The van der Waals surface area contributed by atoms with Crippen molar-refractivity contribution in [2.75, 3.05) is 18.1 Å². The van der Waals surface area contributed by atoms with Crippen LogP contribution >= 0.6 is 0 Å². The standard InChI is InChI=1S/C15H17NO5S2/c1-11-4-6-12(7-5-11)23(19,20)16-14-10-13(22(3,17)18)8-9-15(14)21-2/h4-10,16H,1-3H3. The molecule has 0 unspecified atom stereocenters. The van der Waals surface area contributed by atoms with Crippen molar-refractivity contribution in [3.8, 4) is 5.75 Å². The van der Waals surface area contributed by atoms with Gasteiger partial charge in [0.15, 0.2) is 9.84 Å². The van der Waals surface area contributed by atoms with E-state index in [1.165, 1.54) is 37.4 Å². The number of rotatable bonds is 5. The van der Waals surface area contributed by atoms with Gasteiger partial charge in [-0.15, -0.1) is 0 Å². The fourth-order valence-corrected chi connectivity index (χ4v) is 3.63. The van der Waals surface area contributed by atoms with Crippen LogP contribution in [0.4, 0.5) is 5.69 Å². The van der Waals surface area contributed by atoms with Gasteiger partial charge in [0.05, 0.1) is 22.6 Å². The molecule has 0 saturated carbocycles. The molecule has 124 valence electrons. The van der Waals surface area contributed by atoms with Crippen LogP contribution in [0.5, 0.6) is 5.75 Å². The van der Waals surface area contributed by atoms with E-state index in [1.807, 2.05) is 6.92 Å². The van der Waals surface area contributed by atoms with Gasteiger partial charge in [0, 0.05) is 6.26 Å². The molecular formula is C15H17NO5S2. The Morgan fingerprint density at radius 1 is 0.913 bits per heavy atom. The van der Waals surface area contributed by atoms with Crippen molar-refractivity contribution in [2.24, 2.45) is 0 Å². The van der Waals surface area contributed by atoms with E-state index in [2.05, 4.69) is 4.72 Å². The highest BCUT2D eigenvalue weighted by Crippen LogP contribution is 2.29. The molecule has 0 bridgehead atoms. The molecule has 0 aliphatic heterocycles. The fraction of sp³-hybridized carbons (Fsp3) is 0.200. The Balaban J connectivity index is 2.47. The second-order valence-corrected chi connectivity index (χ2v) is 8.75. The van der Waals surface area contributed by atoms with Gasteiger partial charge in [0.1, 0.15) is 5.75 Å². The highest BCUT2D eigenvalue weighted by atomic mass is 32.2. The summed E-state index contributed by atoms with van der Waals surface area (Å²) >= 11 is 0. The van der Waals surface area contributed by atoms with Gasteiger partial charge in [0.25, 0.3) is 10.0 Å². The molecule has 0 radical (unpaired) electrons. The summed E-state index contributed by atoms with van der Waals surface area (Å²) in [4.78, 5) is 0.0785. The van der Waals surface area contributed by atoms with Crippen LogP contribution in [-0.2, 0) is 19.9 Å². The quantitative estimate of drug-likeness (QED) is 0.888. The minimum Gasteiger partial charge on any atom is -0.495 e. The predicted molar refractivity (Wildman–Crippen MR) is 88.1 cm³/mol. The lowest BCUT2D eigenvalue weighted by atomic mass is 10.2. The summed E-state index contributed by atoms with van der Waals surface area (Å²) in [6, 6.07) is 10.3. The summed E-state index contributed by atoms with van der Waals surface area (Å²) in [5.41, 5.74) is 0.997. The molecule has 8 heteroatoms. The van der Waals surface area contributed by atoms with Gasteiger partial charge in [-0.25, -0.2) is 16.8 Å². The van der Waals surface area contributed by atoms with E-state index in [-0.39, 0.29) is 21.2 Å². The smallest absolute Gasteiger partial charge is 0.262 e. The first-order valence-electron chi connectivity index (χ1n) is 6.61. The minimum absolute atomic E-state index is 0.0000869. The number of methoxy groups -OCH3 is 1. The molecule has 0 aliphatic rings. The lowest BCUT2D eigenvalue weighted by molar-refractivity contribution is 0.416. The second kappa shape index (κ2) is 6.21. The molecular weight excluding hydrogens is 338 g/mol. The first-order valence-corrected chi connectivity index (χ1v) is 9.98. The summed E-state index contributed by atoms with van der Waals surface area (Å²) < 4.78 is 55.6. The number of benzene rings is 2. The number of hydrogen-bond acceptors (Lipinski definition) is 5. The van der Waals surface area contributed by atoms with E-state index in [4.69, 9.17) is 4.74 Å². The molecule has 0 atom stereocenters. The number of aryl methyl sites for hydroxylation is 1. The van der Waals surface area contributed by atoms with E-state index in [1.54, 1.807) is 12.1 Å². The molecule has 0 fully saturated rings. The van der Waals surface area contributed by atoms with Crippen LogP contribution in [0.1, 0.15) is 5.56 Å². The molecule has 0 aromatic heterocycles. The zero-order valence-corrected chi connectivity index (χ0v) is 14.5. The Labute approximate surface area is 136 Å². The number of anilines is 1. The fourth-order valence-electron chi connectivity index (χ4n) is 1.92.